The topological polar surface area (TPSA) is 17.8 Å². The zero-order valence-corrected chi connectivity index (χ0v) is 6.39. The van der Waals surface area contributed by atoms with Gasteiger partial charge in [-0.25, -0.2) is 0 Å². The lowest BCUT2D eigenvalue weighted by Gasteiger charge is -2.01. The summed E-state index contributed by atoms with van der Waals surface area (Å²) in [6.07, 6.45) is -1.99. The standard InChI is InChI=1S/C7H7F3N2/c1-3-5-4-12(2)11-6(5)7(8,9)10/h3-4H,1H2,2H3. The molecule has 1 aromatic rings. The van der Waals surface area contributed by atoms with E-state index in [0.717, 1.165) is 10.8 Å². The van der Waals surface area contributed by atoms with Crippen LogP contribution in [0.1, 0.15) is 11.3 Å². The third-order valence-electron chi connectivity index (χ3n) is 1.35. The van der Waals surface area contributed by atoms with Gasteiger partial charge in [0.25, 0.3) is 0 Å². The van der Waals surface area contributed by atoms with Gasteiger partial charge in [0.05, 0.1) is 0 Å². The Morgan fingerprint density at radius 1 is 1.58 bits per heavy atom. The van der Waals surface area contributed by atoms with Crippen LogP contribution in [0.5, 0.6) is 0 Å². The maximum absolute atomic E-state index is 12.1. The van der Waals surface area contributed by atoms with Gasteiger partial charge in [-0.15, -0.1) is 0 Å². The van der Waals surface area contributed by atoms with Crippen molar-refractivity contribution < 1.29 is 13.2 Å². The highest BCUT2D eigenvalue weighted by molar-refractivity contribution is 5.49. The van der Waals surface area contributed by atoms with Crippen molar-refractivity contribution in [3.63, 3.8) is 0 Å². The fourth-order valence-corrected chi connectivity index (χ4v) is 0.877. The second-order valence-electron chi connectivity index (χ2n) is 2.31. The first-order chi connectivity index (χ1) is 5.45. The van der Waals surface area contributed by atoms with E-state index < -0.39 is 11.9 Å². The molecule has 0 aliphatic rings. The summed E-state index contributed by atoms with van der Waals surface area (Å²) < 4.78 is 37.5. The molecule has 0 atom stereocenters. The highest BCUT2D eigenvalue weighted by Gasteiger charge is 2.36. The third kappa shape index (κ3) is 1.49. The van der Waals surface area contributed by atoms with Crippen LogP contribution in [0, 0.1) is 0 Å². The SMILES string of the molecule is C=Cc1cn(C)nc1C(F)(F)F. The summed E-state index contributed by atoms with van der Waals surface area (Å²) in [5.41, 5.74) is -0.884. The summed E-state index contributed by atoms with van der Waals surface area (Å²) in [6.45, 7) is 3.27. The van der Waals surface area contributed by atoms with Gasteiger partial charge in [0, 0.05) is 18.8 Å². The molecule has 0 N–H and O–H groups in total. The Labute approximate surface area is 67.3 Å². The van der Waals surface area contributed by atoms with Gasteiger partial charge in [0.15, 0.2) is 5.69 Å². The van der Waals surface area contributed by atoms with Gasteiger partial charge in [-0.2, -0.15) is 18.3 Å². The molecule has 0 amide bonds. The molecule has 0 unspecified atom stereocenters. The van der Waals surface area contributed by atoms with Gasteiger partial charge in [-0.1, -0.05) is 12.7 Å². The molecule has 0 spiro atoms. The summed E-state index contributed by atoms with van der Waals surface area (Å²) in [5, 5.41) is 3.27. The largest absolute Gasteiger partial charge is 0.435 e. The quantitative estimate of drug-likeness (QED) is 0.640. The molecule has 0 bridgehead atoms. The lowest BCUT2D eigenvalue weighted by Crippen LogP contribution is -2.08. The van der Waals surface area contributed by atoms with Gasteiger partial charge >= 0.3 is 6.18 Å². The van der Waals surface area contributed by atoms with E-state index in [4.69, 9.17) is 0 Å². The fourth-order valence-electron chi connectivity index (χ4n) is 0.877. The molecule has 1 aromatic heterocycles. The van der Waals surface area contributed by atoms with Crippen molar-refractivity contribution in [3.05, 3.63) is 24.0 Å². The third-order valence-corrected chi connectivity index (χ3v) is 1.35. The maximum Gasteiger partial charge on any atom is 0.435 e. The average Bonchev–Trinajstić information content (AvgIpc) is 2.29. The van der Waals surface area contributed by atoms with Crippen molar-refractivity contribution in [2.75, 3.05) is 0 Å². The van der Waals surface area contributed by atoms with Gasteiger partial charge in [-0.3, -0.25) is 4.68 Å². The predicted octanol–water partition coefficient (Wildman–Crippen LogP) is 2.08. The van der Waals surface area contributed by atoms with Crippen LogP contribution in [-0.4, -0.2) is 9.78 Å². The van der Waals surface area contributed by atoms with Crippen LogP contribution in [0.3, 0.4) is 0 Å². The van der Waals surface area contributed by atoms with Crippen molar-refractivity contribution in [3.8, 4) is 0 Å². The van der Waals surface area contributed by atoms with Crippen LogP contribution in [0.2, 0.25) is 0 Å². The maximum atomic E-state index is 12.1. The zero-order chi connectivity index (χ0) is 9.35. The van der Waals surface area contributed by atoms with Crippen LogP contribution in [0.15, 0.2) is 12.8 Å². The molecule has 66 valence electrons. The molecular formula is C7H7F3N2. The predicted molar refractivity (Wildman–Crippen MR) is 38.3 cm³/mol. The van der Waals surface area contributed by atoms with Crippen LogP contribution in [-0.2, 0) is 13.2 Å². The van der Waals surface area contributed by atoms with E-state index in [1.807, 2.05) is 0 Å². The Kier molecular flexibility index (Phi) is 1.95. The number of hydrogen-bond donors (Lipinski definition) is 0. The van der Waals surface area contributed by atoms with E-state index in [0.29, 0.717) is 0 Å². The van der Waals surface area contributed by atoms with Crippen LogP contribution >= 0.6 is 0 Å². The molecule has 12 heavy (non-hydrogen) atoms. The summed E-state index contributed by atoms with van der Waals surface area (Å²) >= 11 is 0. The monoisotopic (exact) mass is 176 g/mol. The summed E-state index contributed by atoms with van der Waals surface area (Å²) in [5.74, 6) is 0. The van der Waals surface area contributed by atoms with Crippen molar-refractivity contribution in [2.45, 2.75) is 6.18 Å². The highest BCUT2D eigenvalue weighted by atomic mass is 19.4. The molecule has 0 radical (unpaired) electrons. The van der Waals surface area contributed by atoms with Crippen molar-refractivity contribution in [1.29, 1.82) is 0 Å². The van der Waals surface area contributed by atoms with E-state index in [-0.39, 0.29) is 5.56 Å². The van der Waals surface area contributed by atoms with Gasteiger partial charge in [-0.05, 0) is 0 Å². The zero-order valence-electron chi connectivity index (χ0n) is 6.39. The lowest BCUT2D eigenvalue weighted by molar-refractivity contribution is -0.141. The van der Waals surface area contributed by atoms with Crippen molar-refractivity contribution >= 4 is 6.08 Å². The van der Waals surface area contributed by atoms with Crippen molar-refractivity contribution in [2.24, 2.45) is 7.05 Å². The van der Waals surface area contributed by atoms with E-state index in [1.54, 1.807) is 0 Å². The molecule has 0 aliphatic carbocycles. The Morgan fingerprint density at radius 3 is 2.50 bits per heavy atom. The number of halogens is 3. The summed E-state index contributed by atoms with van der Waals surface area (Å²) in [4.78, 5) is 0. The number of aryl methyl sites for hydroxylation is 1. The molecule has 5 heteroatoms. The van der Waals surface area contributed by atoms with Gasteiger partial charge in [0.2, 0.25) is 0 Å². The van der Waals surface area contributed by atoms with Gasteiger partial charge < -0.3 is 0 Å². The van der Waals surface area contributed by atoms with E-state index in [1.165, 1.54) is 13.2 Å². The minimum atomic E-state index is -4.40. The molecule has 1 rings (SSSR count). The second kappa shape index (κ2) is 2.66. The summed E-state index contributed by atoms with van der Waals surface area (Å²) in [6, 6.07) is 0. The molecule has 0 aliphatic heterocycles. The van der Waals surface area contributed by atoms with E-state index in [9.17, 15) is 13.2 Å². The molecule has 2 nitrogen and oxygen atoms in total. The average molecular weight is 176 g/mol. The van der Waals surface area contributed by atoms with Crippen molar-refractivity contribution in [1.82, 2.24) is 9.78 Å². The number of nitrogens with zero attached hydrogens (tertiary/aromatic N) is 2. The Bertz CT molecular complexity index is 298. The number of aromatic nitrogens is 2. The molecule has 0 saturated carbocycles. The molecule has 0 saturated heterocycles. The molecule has 0 fully saturated rings. The fraction of sp³-hybridized carbons (Fsp3) is 0.286. The second-order valence-corrected chi connectivity index (χ2v) is 2.31. The molecule has 0 aromatic carbocycles. The first kappa shape index (κ1) is 8.83. The van der Waals surface area contributed by atoms with Crippen LogP contribution < -0.4 is 0 Å². The van der Waals surface area contributed by atoms with Crippen LogP contribution in [0.25, 0.3) is 6.08 Å². The first-order valence-corrected chi connectivity index (χ1v) is 3.18. The Balaban J connectivity index is 3.22. The smallest absolute Gasteiger partial charge is 0.275 e. The molecule has 1 heterocycles. The van der Waals surface area contributed by atoms with E-state index >= 15 is 0 Å². The summed E-state index contributed by atoms with van der Waals surface area (Å²) in [7, 11) is 1.43. The number of rotatable bonds is 1. The number of alkyl halides is 3. The minimum absolute atomic E-state index is 0.00463. The van der Waals surface area contributed by atoms with Crippen LogP contribution in [0.4, 0.5) is 13.2 Å². The molecular weight excluding hydrogens is 169 g/mol. The van der Waals surface area contributed by atoms with E-state index in [2.05, 4.69) is 11.7 Å². The normalized spacial score (nSPS) is 11.7. The van der Waals surface area contributed by atoms with Gasteiger partial charge in [0.1, 0.15) is 0 Å². The minimum Gasteiger partial charge on any atom is -0.275 e. The lowest BCUT2D eigenvalue weighted by atomic mass is 10.2. The number of hydrogen-bond acceptors (Lipinski definition) is 1. The Hall–Kier alpha value is -1.26. The first-order valence-electron chi connectivity index (χ1n) is 3.18. The Morgan fingerprint density at radius 2 is 2.17 bits per heavy atom. The highest BCUT2D eigenvalue weighted by Crippen LogP contribution is 2.30.